The number of hydrogen-bond acceptors (Lipinski definition) is 3. The Hall–Kier alpha value is -2.42. The third kappa shape index (κ3) is 2.93. The number of hydrazine groups is 1. The lowest BCUT2D eigenvalue weighted by molar-refractivity contribution is 0.851. The van der Waals surface area contributed by atoms with E-state index in [0.29, 0.717) is 0 Å². The molecular formula is C19H23N3. The summed E-state index contributed by atoms with van der Waals surface area (Å²) in [6.45, 7) is 7.35. The molecule has 2 aromatic rings. The molecule has 1 heterocycles. The quantitative estimate of drug-likeness (QED) is 0.902. The normalized spacial score (nSPS) is 13.7. The molecule has 3 heteroatoms. The Morgan fingerprint density at radius 2 is 1.64 bits per heavy atom. The Morgan fingerprint density at radius 1 is 0.955 bits per heavy atom. The van der Waals surface area contributed by atoms with Gasteiger partial charge in [-0.3, -0.25) is 10.4 Å². The Balaban J connectivity index is 1.71. The van der Waals surface area contributed by atoms with Crippen molar-refractivity contribution in [3.05, 3.63) is 66.2 Å². The molecule has 0 aromatic heterocycles. The van der Waals surface area contributed by atoms with Crippen LogP contribution in [0.5, 0.6) is 0 Å². The van der Waals surface area contributed by atoms with Gasteiger partial charge in [-0.05, 0) is 49.8 Å². The van der Waals surface area contributed by atoms with Crippen LogP contribution in [0.15, 0.2) is 60.7 Å². The molecule has 1 aliphatic heterocycles. The van der Waals surface area contributed by atoms with E-state index in [4.69, 9.17) is 0 Å². The lowest BCUT2D eigenvalue weighted by Gasteiger charge is -2.22. The molecule has 0 unspecified atom stereocenters. The number of hydrogen-bond donors (Lipinski definition) is 1. The topological polar surface area (TPSA) is 18.5 Å². The highest BCUT2D eigenvalue weighted by Gasteiger charge is 2.15. The number of rotatable bonds is 5. The molecule has 3 nitrogen and oxygen atoms in total. The van der Waals surface area contributed by atoms with Gasteiger partial charge in [-0.25, -0.2) is 0 Å². The maximum atomic E-state index is 3.48. The molecule has 0 spiro atoms. The predicted molar refractivity (Wildman–Crippen MR) is 94.9 cm³/mol. The molecule has 0 saturated heterocycles. The zero-order chi connectivity index (χ0) is 15.4. The maximum absolute atomic E-state index is 3.48. The molecule has 0 radical (unpaired) electrons. The molecule has 0 saturated carbocycles. The number of anilines is 2. The Morgan fingerprint density at radius 3 is 2.27 bits per heavy atom. The van der Waals surface area contributed by atoms with Gasteiger partial charge in [-0.15, -0.1) is 0 Å². The summed E-state index contributed by atoms with van der Waals surface area (Å²) >= 11 is 0. The minimum atomic E-state index is 0.886. The van der Waals surface area contributed by atoms with Crippen LogP contribution in [0.1, 0.15) is 19.4 Å². The zero-order valence-electron chi connectivity index (χ0n) is 13.3. The van der Waals surface area contributed by atoms with Gasteiger partial charge in [0.1, 0.15) is 0 Å². The summed E-state index contributed by atoms with van der Waals surface area (Å²) < 4.78 is 0. The van der Waals surface area contributed by atoms with Gasteiger partial charge in [0.15, 0.2) is 0 Å². The van der Waals surface area contributed by atoms with Crippen LogP contribution in [0.3, 0.4) is 0 Å². The molecule has 114 valence electrons. The molecule has 3 rings (SSSR count). The van der Waals surface area contributed by atoms with Crippen LogP contribution in [-0.4, -0.2) is 19.6 Å². The van der Waals surface area contributed by atoms with E-state index in [0.717, 1.165) is 19.6 Å². The fourth-order valence-corrected chi connectivity index (χ4v) is 2.82. The summed E-state index contributed by atoms with van der Waals surface area (Å²) in [7, 11) is 0. The number of nitrogens with one attached hydrogen (secondary N) is 1. The number of benzene rings is 2. The molecule has 2 aromatic carbocycles. The lowest BCUT2D eigenvalue weighted by atomic mass is 10.1. The van der Waals surface area contributed by atoms with Crippen molar-refractivity contribution in [2.75, 3.05) is 29.5 Å². The predicted octanol–water partition coefficient (Wildman–Crippen LogP) is 3.90. The molecule has 22 heavy (non-hydrogen) atoms. The van der Waals surface area contributed by atoms with E-state index in [2.05, 4.69) is 83.8 Å². The second-order valence-electron chi connectivity index (χ2n) is 5.39. The lowest BCUT2D eigenvalue weighted by Crippen LogP contribution is -2.31. The Labute approximate surface area is 132 Å². The van der Waals surface area contributed by atoms with Crippen molar-refractivity contribution in [3.63, 3.8) is 0 Å². The summed E-state index contributed by atoms with van der Waals surface area (Å²) in [5, 5.41) is 2.16. The first-order valence-electron chi connectivity index (χ1n) is 7.96. The Kier molecular flexibility index (Phi) is 4.33. The first kappa shape index (κ1) is 14.5. The van der Waals surface area contributed by atoms with Gasteiger partial charge in [0.25, 0.3) is 0 Å². The zero-order valence-corrected chi connectivity index (χ0v) is 13.3. The third-order valence-corrected chi connectivity index (χ3v) is 4.11. The molecule has 0 fully saturated rings. The smallest absolute Gasteiger partial charge is 0.0598 e. The van der Waals surface area contributed by atoms with Gasteiger partial charge < -0.3 is 4.90 Å². The van der Waals surface area contributed by atoms with Crippen molar-refractivity contribution in [1.29, 1.82) is 0 Å². The highest BCUT2D eigenvalue weighted by atomic mass is 15.5. The van der Waals surface area contributed by atoms with Gasteiger partial charge in [0.05, 0.1) is 17.9 Å². The highest BCUT2D eigenvalue weighted by Crippen LogP contribution is 2.23. The minimum Gasteiger partial charge on any atom is -0.372 e. The molecule has 0 aliphatic carbocycles. The minimum absolute atomic E-state index is 0.886. The second-order valence-corrected chi connectivity index (χ2v) is 5.39. The summed E-state index contributed by atoms with van der Waals surface area (Å²) in [6.07, 6.45) is 2.24. The van der Waals surface area contributed by atoms with Crippen molar-refractivity contribution in [1.82, 2.24) is 5.43 Å². The summed E-state index contributed by atoms with van der Waals surface area (Å²) in [5.41, 5.74) is 8.36. The molecule has 0 amide bonds. The van der Waals surface area contributed by atoms with Gasteiger partial charge in [-0.2, -0.15) is 0 Å². The van der Waals surface area contributed by atoms with E-state index in [-0.39, 0.29) is 0 Å². The van der Waals surface area contributed by atoms with E-state index in [9.17, 15) is 0 Å². The van der Waals surface area contributed by atoms with Crippen LogP contribution < -0.4 is 15.3 Å². The molecule has 1 aliphatic rings. The highest BCUT2D eigenvalue weighted by molar-refractivity contribution is 5.71. The van der Waals surface area contributed by atoms with Crippen LogP contribution in [0.25, 0.3) is 5.70 Å². The molecule has 0 bridgehead atoms. The fraction of sp³-hybridized carbons (Fsp3) is 0.263. The van der Waals surface area contributed by atoms with Crippen molar-refractivity contribution < 1.29 is 0 Å². The SMILES string of the molecule is CCN(CC)c1ccc(C2=CCN(c3ccccc3)N2)cc1. The van der Waals surface area contributed by atoms with Crippen LogP contribution in [0.2, 0.25) is 0 Å². The maximum Gasteiger partial charge on any atom is 0.0598 e. The van der Waals surface area contributed by atoms with E-state index >= 15 is 0 Å². The van der Waals surface area contributed by atoms with Gasteiger partial charge >= 0.3 is 0 Å². The van der Waals surface area contributed by atoms with Crippen molar-refractivity contribution >= 4 is 17.1 Å². The largest absolute Gasteiger partial charge is 0.372 e. The number of para-hydroxylation sites is 1. The van der Waals surface area contributed by atoms with E-state index in [1.807, 2.05) is 6.07 Å². The average molecular weight is 293 g/mol. The van der Waals surface area contributed by atoms with Crippen LogP contribution in [-0.2, 0) is 0 Å². The standard InChI is InChI=1S/C19H23N3/c1-3-21(4-2)17-12-10-16(11-13-17)19-14-15-22(20-19)18-8-6-5-7-9-18/h5-14,20H,3-4,15H2,1-2H3. The molecule has 0 atom stereocenters. The molecular weight excluding hydrogens is 270 g/mol. The van der Waals surface area contributed by atoms with Crippen LogP contribution >= 0.6 is 0 Å². The Bertz CT molecular complexity index is 627. The van der Waals surface area contributed by atoms with E-state index < -0.39 is 0 Å². The van der Waals surface area contributed by atoms with E-state index in [1.165, 1.54) is 22.6 Å². The van der Waals surface area contributed by atoms with Crippen molar-refractivity contribution in [2.24, 2.45) is 0 Å². The van der Waals surface area contributed by atoms with Gasteiger partial charge in [0.2, 0.25) is 0 Å². The van der Waals surface area contributed by atoms with Crippen molar-refractivity contribution in [3.8, 4) is 0 Å². The van der Waals surface area contributed by atoms with Crippen LogP contribution in [0.4, 0.5) is 11.4 Å². The van der Waals surface area contributed by atoms with Crippen LogP contribution in [0, 0.1) is 0 Å². The van der Waals surface area contributed by atoms with E-state index in [1.54, 1.807) is 0 Å². The second kappa shape index (κ2) is 6.56. The van der Waals surface area contributed by atoms with Crippen molar-refractivity contribution in [2.45, 2.75) is 13.8 Å². The average Bonchev–Trinajstić information content (AvgIpc) is 3.07. The molecule has 1 N–H and O–H groups in total. The first-order chi connectivity index (χ1) is 10.8. The fourth-order valence-electron chi connectivity index (χ4n) is 2.82. The third-order valence-electron chi connectivity index (χ3n) is 4.11. The van der Waals surface area contributed by atoms with Gasteiger partial charge in [0, 0.05) is 18.8 Å². The van der Waals surface area contributed by atoms with Gasteiger partial charge in [-0.1, -0.05) is 30.3 Å². The number of nitrogens with zero attached hydrogens (tertiary/aromatic N) is 2. The monoisotopic (exact) mass is 293 g/mol. The summed E-state index contributed by atoms with van der Waals surface area (Å²) in [5.74, 6) is 0. The first-order valence-corrected chi connectivity index (χ1v) is 7.96. The summed E-state index contributed by atoms with van der Waals surface area (Å²) in [6, 6.07) is 19.2. The summed E-state index contributed by atoms with van der Waals surface area (Å²) in [4.78, 5) is 2.36.